The number of nitrogens with zero attached hydrogens (tertiary/aromatic N) is 2. The van der Waals surface area contributed by atoms with Crippen LogP contribution in [0.15, 0.2) is 58.9 Å². The Kier molecular flexibility index (Phi) is 6.73. The van der Waals surface area contributed by atoms with E-state index in [0.29, 0.717) is 12.0 Å². The van der Waals surface area contributed by atoms with Gasteiger partial charge in [-0.1, -0.05) is 59.4 Å². The SMILES string of the molecule is Cc1ccc(C(=O)Nc2nnc(S(=O)(=O)N[C@@H](C)CCc3ccccc3)s2)cc1. The minimum atomic E-state index is -3.81. The number of aromatic nitrogens is 2. The average Bonchev–Trinajstić information content (AvgIpc) is 3.17. The third kappa shape index (κ3) is 5.93. The number of carbonyl (C=O) groups is 1. The van der Waals surface area contributed by atoms with Gasteiger partial charge in [0.05, 0.1) is 0 Å². The maximum absolute atomic E-state index is 12.5. The van der Waals surface area contributed by atoms with Crippen LogP contribution in [0.3, 0.4) is 0 Å². The van der Waals surface area contributed by atoms with Crippen molar-refractivity contribution in [1.82, 2.24) is 14.9 Å². The zero-order valence-corrected chi connectivity index (χ0v) is 17.8. The van der Waals surface area contributed by atoms with E-state index in [-0.39, 0.29) is 21.4 Å². The molecule has 1 atom stereocenters. The highest BCUT2D eigenvalue weighted by atomic mass is 32.2. The van der Waals surface area contributed by atoms with Gasteiger partial charge in [-0.15, -0.1) is 10.2 Å². The molecule has 0 aliphatic heterocycles. The Balaban J connectivity index is 1.59. The molecule has 1 aromatic heterocycles. The third-order valence-electron chi connectivity index (χ3n) is 4.24. The summed E-state index contributed by atoms with van der Waals surface area (Å²) in [6, 6.07) is 16.6. The first kappa shape index (κ1) is 21.1. The van der Waals surface area contributed by atoms with E-state index in [2.05, 4.69) is 20.2 Å². The van der Waals surface area contributed by atoms with Gasteiger partial charge in [0.15, 0.2) is 0 Å². The summed E-state index contributed by atoms with van der Waals surface area (Å²) in [5.74, 6) is -0.366. The Labute approximate surface area is 174 Å². The van der Waals surface area contributed by atoms with E-state index >= 15 is 0 Å². The number of nitrogens with one attached hydrogen (secondary N) is 2. The normalized spacial score (nSPS) is 12.5. The van der Waals surface area contributed by atoms with Gasteiger partial charge in [0.2, 0.25) is 9.47 Å². The lowest BCUT2D eigenvalue weighted by molar-refractivity contribution is 0.102. The predicted molar refractivity (Wildman–Crippen MR) is 114 cm³/mol. The van der Waals surface area contributed by atoms with Crippen molar-refractivity contribution in [1.29, 1.82) is 0 Å². The average molecular weight is 431 g/mol. The third-order valence-corrected chi connectivity index (χ3v) is 7.03. The van der Waals surface area contributed by atoms with Crippen molar-refractivity contribution < 1.29 is 13.2 Å². The van der Waals surface area contributed by atoms with Gasteiger partial charge in [-0.05, 0) is 44.4 Å². The van der Waals surface area contributed by atoms with E-state index in [4.69, 9.17) is 0 Å². The van der Waals surface area contributed by atoms with E-state index in [1.54, 1.807) is 12.1 Å². The van der Waals surface area contributed by atoms with E-state index in [0.717, 1.165) is 28.9 Å². The number of aryl methyl sites for hydroxylation is 2. The Morgan fingerprint density at radius 1 is 1.07 bits per heavy atom. The quantitative estimate of drug-likeness (QED) is 0.534. The Morgan fingerprint density at radius 3 is 2.45 bits per heavy atom. The molecule has 0 saturated carbocycles. The van der Waals surface area contributed by atoms with Gasteiger partial charge in [-0.2, -0.15) is 0 Å². The van der Waals surface area contributed by atoms with Gasteiger partial charge >= 0.3 is 0 Å². The molecule has 0 unspecified atom stereocenters. The van der Waals surface area contributed by atoms with E-state index in [1.807, 2.05) is 56.3 Å². The molecule has 9 heteroatoms. The molecule has 0 saturated heterocycles. The molecule has 2 N–H and O–H groups in total. The minimum Gasteiger partial charge on any atom is -0.296 e. The van der Waals surface area contributed by atoms with Gasteiger partial charge in [0.1, 0.15) is 0 Å². The molecule has 0 radical (unpaired) electrons. The molecular weight excluding hydrogens is 408 g/mol. The van der Waals surface area contributed by atoms with Crippen LogP contribution in [0.2, 0.25) is 0 Å². The molecule has 3 aromatic rings. The van der Waals surface area contributed by atoms with Gasteiger partial charge < -0.3 is 0 Å². The van der Waals surface area contributed by atoms with E-state index in [1.165, 1.54) is 0 Å². The van der Waals surface area contributed by atoms with Crippen LogP contribution >= 0.6 is 11.3 Å². The lowest BCUT2D eigenvalue weighted by atomic mass is 10.1. The highest BCUT2D eigenvalue weighted by molar-refractivity contribution is 7.91. The molecule has 0 aliphatic rings. The number of anilines is 1. The van der Waals surface area contributed by atoms with Crippen molar-refractivity contribution in [3.63, 3.8) is 0 Å². The van der Waals surface area contributed by atoms with Crippen molar-refractivity contribution in [3.05, 3.63) is 71.3 Å². The summed E-state index contributed by atoms with van der Waals surface area (Å²) < 4.78 is 27.5. The summed E-state index contributed by atoms with van der Waals surface area (Å²) >= 11 is 0.818. The molecule has 29 heavy (non-hydrogen) atoms. The maximum atomic E-state index is 12.5. The number of amides is 1. The summed E-state index contributed by atoms with van der Waals surface area (Å²) in [5.41, 5.74) is 2.65. The largest absolute Gasteiger partial charge is 0.296 e. The van der Waals surface area contributed by atoms with Crippen molar-refractivity contribution in [3.8, 4) is 0 Å². The summed E-state index contributed by atoms with van der Waals surface area (Å²) in [6.07, 6.45) is 1.41. The van der Waals surface area contributed by atoms with Crippen molar-refractivity contribution in [2.24, 2.45) is 0 Å². The highest BCUT2D eigenvalue weighted by Gasteiger charge is 2.23. The second-order valence-corrected chi connectivity index (χ2v) is 9.61. The number of benzene rings is 2. The number of carbonyl (C=O) groups excluding carboxylic acids is 1. The lowest BCUT2D eigenvalue weighted by Gasteiger charge is -2.12. The van der Waals surface area contributed by atoms with Crippen LogP contribution in [-0.4, -0.2) is 30.6 Å². The second-order valence-electron chi connectivity index (χ2n) is 6.74. The van der Waals surface area contributed by atoms with Gasteiger partial charge in [0, 0.05) is 11.6 Å². The summed E-state index contributed by atoms with van der Waals surface area (Å²) in [6.45, 7) is 3.74. The van der Waals surface area contributed by atoms with Crippen LogP contribution in [0.1, 0.15) is 34.8 Å². The fourth-order valence-corrected chi connectivity index (χ4v) is 4.83. The minimum absolute atomic E-state index is 0.132. The Bertz CT molecular complexity index is 1060. The van der Waals surface area contributed by atoms with E-state index < -0.39 is 10.0 Å². The highest BCUT2D eigenvalue weighted by Crippen LogP contribution is 2.21. The Morgan fingerprint density at radius 2 is 1.76 bits per heavy atom. The summed E-state index contributed by atoms with van der Waals surface area (Å²) in [5, 5.41) is 10.2. The number of hydrogen-bond donors (Lipinski definition) is 2. The molecule has 7 nitrogen and oxygen atoms in total. The first-order valence-electron chi connectivity index (χ1n) is 9.11. The smallest absolute Gasteiger partial charge is 0.270 e. The zero-order valence-electron chi connectivity index (χ0n) is 16.1. The maximum Gasteiger partial charge on any atom is 0.270 e. The first-order valence-corrected chi connectivity index (χ1v) is 11.4. The topological polar surface area (TPSA) is 101 Å². The van der Waals surface area contributed by atoms with Crippen molar-refractivity contribution >= 4 is 32.4 Å². The zero-order chi connectivity index (χ0) is 20.9. The summed E-state index contributed by atoms with van der Waals surface area (Å²) in [4.78, 5) is 12.2. The van der Waals surface area contributed by atoms with Gasteiger partial charge in [-0.25, -0.2) is 13.1 Å². The van der Waals surface area contributed by atoms with E-state index in [9.17, 15) is 13.2 Å². The molecule has 1 heterocycles. The molecule has 152 valence electrons. The molecule has 0 bridgehead atoms. The molecule has 0 fully saturated rings. The van der Waals surface area contributed by atoms with Crippen LogP contribution in [0.25, 0.3) is 0 Å². The number of rotatable bonds is 8. The second kappa shape index (κ2) is 9.25. The predicted octanol–water partition coefficient (Wildman–Crippen LogP) is 3.40. The molecule has 0 spiro atoms. The fourth-order valence-electron chi connectivity index (χ4n) is 2.65. The molecule has 3 rings (SSSR count). The monoisotopic (exact) mass is 430 g/mol. The van der Waals surface area contributed by atoms with Crippen LogP contribution < -0.4 is 10.0 Å². The molecule has 0 aliphatic carbocycles. The van der Waals surface area contributed by atoms with Crippen LogP contribution in [0, 0.1) is 6.92 Å². The molecule has 2 aromatic carbocycles. The molecular formula is C20H22N4O3S2. The Hall–Kier alpha value is -2.62. The fraction of sp³-hybridized carbons (Fsp3) is 0.250. The van der Waals surface area contributed by atoms with Crippen LogP contribution in [-0.2, 0) is 16.4 Å². The van der Waals surface area contributed by atoms with Gasteiger partial charge in [0.25, 0.3) is 15.9 Å². The standard InChI is InChI=1S/C20H22N4O3S2/c1-14-8-12-17(13-9-14)18(25)21-19-22-23-20(28-19)29(26,27)24-15(2)10-11-16-6-4-3-5-7-16/h3-9,12-13,15,24H,10-11H2,1-2H3,(H,21,22,25)/t15-/m0/s1. The lowest BCUT2D eigenvalue weighted by Crippen LogP contribution is -2.32. The van der Waals surface area contributed by atoms with Gasteiger partial charge in [-0.3, -0.25) is 10.1 Å². The number of hydrogen-bond acceptors (Lipinski definition) is 6. The summed E-state index contributed by atoms with van der Waals surface area (Å²) in [7, 11) is -3.81. The van der Waals surface area contributed by atoms with Crippen LogP contribution in [0.4, 0.5) is 5.13 Å². The first-order chi connectivity index (χ1) is 13.8. The molecule has 1 amide bonds. The number of sulfonamides is 1. The van der Waals surface area contributed by atoms with Crippen LogP contribution in [0.5, 0.6) is 0 Å². The van der Waals surface area contributed by atoms with Crippen molar-refractivity contribution in [2.45, 2.75) is 37.1 Å². The van der Waals surface area contributed by atoms with Crippen molar-refractivity contribution in [2.75, 3.05) is 5.32 Å².